The maximum absolute atomic E-state index is 11.9. The second kappa shape index (κ2) is 5.97. The third kappa shape index (κ3) is 2.81. The van der Waals surface area contributed by atoms with Gasteiger partial charge in [0.05, 0.1) is 7.11 Å². The van der Waals surface area contributed by atoms with Crippen LogP contribution in [0.15, 0.2) is 30.3 Å². The van der Waals surface area contributed by atoms with Crippen LogP contribution >= 0.6 is 8.03 Å². The van der Waals surface area contributed by atoms with Crippen LogP contribution in [-0.4, -0.2) is 12.5 Å². The van der Waals surface area contributed by atoms with Crippen molar-refractivity contribution in [1.82, 2.24) is 0 Å². The van der Waals surface area contributed by atoms with Crippen LogP contribution in [0.5, 0.6) is 5.75 Å². The molecule has 0 amide bonds. The highest BCUT2D eigenvalue weighted by Gasteiger charge is 2.50. The Morgan fingerprint density at radius 2 is 1.75 bits per heavy atom. The van der Waals surface area contributed by atoms with Crippen molar-refractivity contribution in [2.24, 2.45) is 0 Å². The number of benzene rings is 1. The minimum absolute atomic E-state index is 0.654. The minimum Gasteiger partial charge on any atom is -0.442 e. The van der Waals surface area contributed by atoms with Crippen molar-refractivity contribution in [2.45, 2.75) is 32.0 Å². The number of hydrogen-bond donors (Lipinski definition) is 0. The molecule has 1 unspecified atom stereocenters. The van der Waals surface area contributed by atoms with Crippen molar-refractivity contribution in [3.8, 4) is 5.75 Å². The van der Waals surface area contributed by atoms with E-state index in [-0.39, 0.29) is 0 Å². The zero-order valence-electron chi connectivity index (χ0n) is 9.97. The van der Waals surface area contributed by atoms with E-state index in [0.29, 0.717) is 12.8 Å². The fourth-order valence-corrected chi connectivity index (χ4v) is 2.59. The Hall–Kier alpha value is -0.920. The van der Waals surface area contributed by atoms with Gasteiger partial charge >= 0.3 is 13.4 Å². The van der Waals surface area contributed by atoms with E-state index < -0.39 is 13.4 Å². The molecule has 1 aromatic carbocycles. The molecule has 0 N–H and O–H groups in total. The normalized spacial score (nSPS) is 12.3. The van der Waals surface area contributed by atoms with Crippen LogP contribution in [0.3, 0.4) is 0 Å². The topological polar surface area (TPSA) is 35.5 Å². The summed E-state index contributed by atoms with van der Waals surface area (Å²) in [5.41, 5.74) is 0. The first-order chi connectivity index (χ1) is 7.68. The maximum Gasteiger partial charge on any atom is 0.556 e. The van der Waals surface area contributed by atoms with Crippen molar-refractivity contribution in [2.75, 3.05) is 7.11 Å². The first-order valence-corrected chi connectivity index (χ1v) is 6.61. The molecule has 0 saturated heterocycles. The first-order valence-electron chi connectivity index (χ1n) is 5.44. The van der Waals surface area contributed by atoms with Gasteiger partial charge in [0.1, 0.15) is 5.75 Å². The molecular weight excluding hydrogens is 223 g/mol. The Bertz CT molecular complexity index is 333. The van der Waals surface area contributed by atoms with E-state index in [2.05, 4.69) is 0 Å². The summed E-state index contributed by atoms with van der Waals surface area (Å²) in [6.45, 7) is 3.91. The van der Waals surface area contributed by atoms with Crippen molar-refractivity contribution < 1.29 is 13.8 Å². The van der Waals surface area contributed by atoms with Gasteiger partial charge in [-0.15, -0.1) is 4.52 Å². The molecule has 0 aromatic heterocycles. The van der Waals surface area contributed by atoms with E-state index in [1.54, 1.807) is 0 Å². The molecular formula is C12H18O3P+. The highest BCUT2D eigenvalue weighted by Crippen LogP contribution is 2.45. The molecule has 0 fully saturated rings. The summed E-state index contributed by atoms with van der Waals surface area (Å²) in [4.78, 5) is 0. The minimum atomic E-state index is -1.82. The predicted molar refractivity (Wildman–Crippen MR) is 65.0 cm³/mol. The molecule has 0 saturated carbocycles. The molecule has 1 aromatic rings. The number of rotatable bonds is 6. The maximum atomic E-state index is 11.9. The Labute approximate surface area is 97.6 Å². The summed E-state index contributed by atoms with van der Waals surface area (Å²) >= 11 is 0. The molecule has 1 atom stereocenters. The molecule has 0 aliphatic carbocycles. The second-order valence-corrected chi connectivity index (χ2v) is 5.20. The van der Waals surface area contributed by atoms with Gasteiger partial charge in [-0.3, -0.25) is 0 Å². The third-order valence-electron chi connectivity index (χ3n) is 2.65. The van der Waals surface area contributed by atoms with Gasteiger partial charge in [-0.25, -0.2) is 0 Å². The summed E-state index contributed by atoms with van der Waals surface area (Å²) in [6, 6.07) is 9.43. The van der Waals surface area contributed by atoms with Crippen LogP contribution in [0, 0.1) is 0 Å². The lowest BCUT2D eigenvalue weighted by molar-refractivity contribution is 0.130. The van der Waals surface area contributed by atoms with Crippen LogP contribution in [0.4, 0.5) is 0 Å². The van der Waals surface area contributed by atoms with E-state index in [1.165, 1.54) is 7.11 Å². The third-order valence-corrected chi connectivity index (χ3v) is 4.38. The fraction of sp³-hybridized carbons (Fsp3) is 0.500. The van der Waals surface area contributed by atoms with E-state index >= 15 is 0 Å². The highest BCUT2D eigenvalue weighted by atomic mass is 31.1. The van der Waals surface area contributed by atoms with Gasteiger partial charge in [0.2, 0.25) is 0 Å². The van der Waals surface area contributed by atoms with Gasteiger partial charge in [0.25, 0.3) is 0 Å². The summed E-state index contributed by atoms with van der Waals surface area (Å²) in [5, 5.41) is -0.717. The quantitative estimate of drug-likeness (QED) is 0.707. The lowest BCUT2D eigenvalue weighted by atomic mass is 10.2. The smallest absolute Gasteiger partial charge is 0.442 e. The number of ether oxygens (including phenoxy) is 1. The van der Waals surface area contributed by atoms with Crippen LogP contribution < -0.4 is 4.74 Å². The standard InChI is InChI=1S/C12H18O3P/c1-4-12(5-2,16(13)14-3)15-11-9-7-6-8-10-11/h6-10H,4-5H2,1-3H3/q+1. The highest BCUT2D eigenvalue weighted by molar-refractivity contribution is 7.40. The average Bonchev–Trinajstić information content (AvgIpc) is 2.36. The molecule has 0 aliphatic rings. The zero-order valence-corrected chi connectivity index (χ0v) is 10.9. The monoisotopic (exact) mass is 241 g/mol. The lowest BCUT2D eigenvalue weighted by Gasteiger charge is -2.20. The summed E-state index contributed by atoms with van der Waals surface area (Å²) < 4.78 is 22.7. The Balaban J connectivity index is 2.91. The average molecular weight is 241 g/mol. The van der Waals surface area contributed by atoms with Gasteiger partial charge in [0.15, 0.2) is 0 Å². The molecule has 16 heavy (non-hydrogen) atoms. The lowest BCUT2D eigenvalue weighted by Crippen LogP contribution is -2.30. The Morgan fingerprint density at radius 3 is 2.19 bits per heavy atom. The summed E-state index contributed by atoms with van der Waals surface area (Å²) in [6.07, 6.45) is 1.31. The van der Waals surface area contributed by atoms with E-state index in [9.17, 15) is 4.57 Å². The molecule has 88 valence electrons. The molecule has 0 aliphatic heterocycles. The van der Waals surface area contributed by atoms with Gasteiger partial charge in [-0.1, -0.05) is 32.0 Å². The molecule has 0 heterocycles. The van der Waals surface area contributed by atoms with Crippen molar-refractivity contribution >= 4 is 8.03 Å². The zero-order chi connectivity index (χ0) is 12.0. The largest absolute Gasteiger partial charge is 0.556 e. The molecule has 0 spiro atoms. The molecule has 3 nitrogen and oxygen atoms in total. The summed E-state index contributed by atoms with van der Waals surface area (Å²) in [5.74, 6) is 0.728. The van der Waals surface area contributed by atoms with E-state index in [1.807, 2.05) is 44.2 Å². The van der Waals surface area contributed by atoms with Crippen LogP contribution in [0.25, 0.3) is 0 Å². The molecule has 0 radical (unpaired) electrons. The van der Waals surface area contributed by atoms with Gasteiger partial charge in [-0.05, 0) is 16.7 Å². The molecule has 0 bridgehead atoms. The van der Waals surface area contributed by atoms with Crippen LogP contribution in [0.1, 0.15) is 26.7 Å². The van der Waals surface area contributed by atoms with Gasteiger partial charge in [-0.2, -0.15) is 0 Å². The van der Waals surface area contributed by atoms with Crippen molar-refractivity contribution in [3.05, 3.63) is 30.3 Å². The molecule has 1 rings (SSSR count). The van der Waals surface area contributed by atoms with Crippen LogP contribution in [-0.2, 0) is 9.09 Å². The fourth-order valence-electron chi connectivity index (χ4n) is 1.56. The first kappa shape index (κ1) is 13.1. The Morgan fingerprint density at radius 1 is 1.19 bits per heavy atom. The van der Waals surface area contributed by atoms with E-state index in [4.69, 9.17) is 9.26 Å². The van der Waals surface area contributed by atoms with Crippen LogP contribution in [0.2, 0.25) is 0 Å². The van der Waals surface area contributed by atoms with Gasteiger partial charge < -0.3 is 4.74 Å². The number of para-hydroxylation sites is 1. The predicted octanol–water partition coefficient (Wildman–Crippen LogP) is 3.97. The second-order valence-electron chi connectivity index (χ2n) is 3.51. The molecule has 4 heteroatoms. The van der Waals surface area contributed by atoms with Gasteiger partial charge in [0, 0.05) is 12.8 Å². The van der Waals surface area contributed by atoms with Crippen molar-refractivity contribution in [3.63, 3.8) is 0 Å². The number of hydrogen-bond acceptors (Lipinski definition) is 3. The SMILES string of the molecule is CCC(CC)(Oc1ccccc1)[P+](=O)OC. The Kier molecular flexibility index (Phi) is 4.91. The van der Waals surface area contributed by atoms with E-state index in [0.717, 1.165) is 5.75 Å². The van der Waals surface area contributed by atoms with Crippen molar-refractivity contribution in [1.29, 1.82) is 0 Å². The summed E-state index contributed by atoms with van der Waals surface area (Å²) in [7, 11) is -0.371.